The van der Waals surface area contributed by atoms with E-state index in [1.807, 2.05) is 0 Å². The summed E-state index contributed by atoms with van der Waals surface area (Å²) in [5.41, 5.74) is 1.74. The molecule has 112 valence electrons. The Morgan fingerprint density at radius 1 is 1.45 bits per heavy atom. The number of carbonyl (C=O) groups is 1. The Morgan fingerprint density at radius 2 is 2.20 bits per heavy atom. The van der Waals surface area contributed by atoms with Crippen molar-refractivity contribution < 1.29 is 14.4 Å². The van der Waals surface area contributed by atoms with E-state index in [9.17, 15) is 4.79 Å². The minimum atomic E-state index is 0.0501. The third-order valence-corrected chi connectivity index (χ3v) is 5.95. The number of hydrogen-bond donors (Lipinski definition) is 1. The smallest absolute Gasteiger partial charge is 0.315 e. The third kappa shape index (κ3) is 2.20. The van der Waals surface area contributed by atoms with Crippen LogP contribution in [0, 0.1) is 23.2 Å². The van der Waals surface area contributed by atoms with Crippen molar-refractivity contribution in [2.75, 3.05) is 20.6 Å². The Balaban J connectivity index is 1.82. The van der Waals surface area contributed by atoms with Crippen LogP contribution in [0.1, 0.15) is 39.0 Å². The Labute approximate surface area is 122 Å². The molecule has 3 rings (SSSR count). The van der Waals surface area contributed by atoms with E-state index in [-0.39, 0.29) is 18.0 Å². The molecule has 3 nitrogen and oxygen atoms in total. The fourth-order valence-corrected chi connectivity index (χ4v) is 4.93. The first-order valence-corrected chi connectivity index (χ1v) is 8.08. The van der Waals surface area contributed by atoms with Crippen LogP contribution >= 0.6 is 0 Å². The van der Waals surface area contributed by atoms with Gasteiger partial charge in [-0.15, -0.1) is 0 Å². The van der Waals surface area contributed by atoms with Crippen LogP contribution in [0.2, 0.25) is 0 Å². The average molecular weight is 278 g/mol. The number of hydrogen-bond acceptors (Lipinski definition) is 2. The second kappa shape index (κ2) is 4.87. The Morgan fingerprint density at radius 3 is 2.90 bits per heavy atom. The molecule has 0 spiro atoms. The summed E-state index contributed by atoms with van der Waals surface area (Å²) in [6, 6.07) is 0. The van der Waals surface area contributed by atoms with Crippen molar-refractivity contribution in [2.45, 2.75) is 45.1 Å². The lowest BCUT2D eigenvalue weighted by molar-refractivity contribution is -0.861. The molecule has 2 saturated carbocycles. The van der Waals surface area contributed by atoms with Gasteiger partial charge in [0, 0.05) is 5.92 Å². The molecule has 3 fully saturated rings. The zero-order chi connectivity index (χ0) is 14.5. The van der Waals surface area contributed by atoms with Crippen LogP contribution in [-0.4, -0.2) is 32.7 Å². The molecule has 1 N–H and O–H groups in total. The Kier molecular flexibility index (Phi) is 3.44. The van der Waals surface area contributed by atoms with Crippen LogP contribution in [0.3, 0.4) is 0 Å². The van der Waals surface area contributed by atoms with E-state index < -0.39 is 0 Å². The number of rotatable bonds is 2. The number of esters is 1. The lowest BCUT2D eigenvalue weighted by Crippen LogP contribution is -3.06. The van der Waals surface area contributed by atoms with Crippen molar-refractivity contribution in [1.29, 1.82) is 0 Å². The summed E-state index contributed by atoms with van der Waals surface area (Å²) in [6.07, 6.45) is 6.02. The Bertz CT molecular complexity index is 431. The van der Waals surface area contributed by atoms with Gasteiger partial charge in [-0.25, -0.2) is 0 Å². The highest BCUT2D eigenvalue weighted by atomic mass is 16.6. The van der Waals surface area contributed by atoms with E-state index in [1.54, 1.807) is 0 Å². The molecule has 20 heavy (non-hydrogen) atoms. The van der Waals surface area contributed by atoms with Gasteiger partial charge < -0.3 is 9.64 Å². The van der Waals surface area contributed by atoms with Crippen molar-refractivity contribution in [3.05, 3.63) is 12.2 Å². The molecule has 0 aromatic rings. The number of quaternary nitrogens is 1. The largest absolute Gasteiger partial charge is 0.462 e. The number of ether oxygens (including phenoxy) is 1. The summed E-state index contributed by atoms with van der Waals surface area (Å²) in [4.78, 5) is 13.5. The molecule has 1 saturated heterocycles. The molecule has 0 aromatic heterocycles. The molecular weight excluding hydrogens is 250 g/mol. The van der Waals surface area contributed by atoms with Gasteiger partial charge in [-0.1, -0.05) is 19.1 Å². The van der Waals surface area contributed by atoms with Gasteiger partial charge in [-0.2, -0.15) is 0 Å². The van der Waals surface area contributed by atoms with Crippen LogP contribution in [0.4, 0.5) is 0 Å². The molecule has 0 bridgehead atoms. The molecule has 3 aliphatic rings. The first-order valence-electron chi connectivity index (χ1n) is 8.08. The predicted molar refractivity (Wildman–Crippen MR) is 78.4 cm³/mol. The van der Waals surface area contributed by atoms with Gasteiger partial charge in [0.25, 0.3) is 0 Å². The highest BCUT2D eigenvalue weighted by molar-refractivity contribution is 5.75. The van der Waals surface area contributed by atoms with Gasteiger partial charge in [0.2, 0.25) is 0 Å². The molecule has 2 aliphatic carbocycles. The maximum Gasteiger partial charge on any atom is 0.315 e. The normalized spacial score (nSPS) is 44.2. The maximum atomic E-state index is 12.2. The summed E-state index contributed by atoms with van der Waals surface area (Å²) >= 11 is 0. The third-order valence-electron chi connectivity index (χ3n) is 5.95. The summed E-state index contributed by atoms with van der Waals surface area (Å²) < 4.78 is 5.75. The molecule has 0 amide bonds. The van der Waals surface area contributed by atoms with E-state index in [4.69, 9.17) is 4.74 Å². The second-order valence-electron chi connectivity index (χ2n) is 7.82. The van der Waals surface area contributed by atoms with Crippen molar-refractivity contribution in [1.82, 2.24) is 0 Å². The monoisotopic (exact) mass is 278 g/mol. The van der Waals surface area contributed by atoms with Crippen molar-refractivity contribution in [3.8, 4) is 0 Å². The zero-order valence-corrected chi connectivity index (χ0v) is 13.1. The van der Waals surface area contributed by atoms with Crippen LogP contribution in [0.15, 0.2) is 12.2 Å². The molecule has 0 aromatic carbocycles. The van der Waals surface area contributed by atoms with Gasteiger partial charge in [-0.3, -0.25) is 4.79 Å². The van der Waals surface area contributed by atoms with Crippen LogP contribution in [-0.2, 0) is 9.53 Å². The Hall–Kier alpha value is -0.830. The minimum Gasteiger partial charge on any atom is -0.462 e. The van der Waals surface area contributed by atoms with Crippen LogP contribution in [0.5, 0.6) is 0 Å². The molecule has 1 aliphatic heterocycles. The standard InChI is InChI=1S/C17H27NO2/c1-11-6-5-7-17(2)9-15-12(8-14(11)17)13(10-18(3)4)16(19)20-15/h12-15H,1,5-10H2,2-4H3/p+1/t12-,13+,14-,15+,17-/m0/s1. The predicted octanol–water partition coefficient (Wildman–Crippen LogP) is 1.45. The van der Waals surface area contributed by atoms with E-state index >= 15 is 0 Å². The van der Waals surface area contributed by atoms with Crippen molar-refractivity contribution in [2.24, 2.45) is 23.2 Å². The molecule has 0 unspecified atom stereocenters. The van der Waals surface area contributed by atoms with Crippen molar-refractivity contribution in [3.63, 3.8) is 0 Å². The average Bonchev–Trinajstić information content (AvgIpc) is 2.62. The quantitative estimate of drug-likeness (QED) is 0.612. The maximum absolute atomic E-state index is 12.2. The van der Waals surface area contributed by atoms with E-state index in [2.05, 4.69) is 27.6 Å². The van der Waals surface area contributed by atoms with E-state index in [1.165, 1.54) is 29.7 Å². The lowest BCUT2D eigenvalue weighted by Gasteiger charge is -2.49. The number of allylic oxidation sites excluding steroid dienone is 1. The summed E-state index contributed by atoms with van der Waals surface area (Å²) in [6.45, 7) is 7.62. The van der Waals surface area contributed by atoms with Crippen LogP contribution in [0.25, 0.3) is 0 Å². The van der Waals surface area contributed by atoms with Gasteiger partial charge in [0.15, 0.2) is 0 Å². The van der Waals surface area contributed by atoms with Gasteiger partial charge >= 0.3 is 5.97 Å². The molecule has 3 heteroatoms. The lowest BCUT2D eigenvalue weighted by atomic mass is 9.55. The summed E-state index contributed by atoms with van der Waals surface area (Å²) in [5.74, 6) is 1.18. The van der Waals surface area contributed by atoms with Gasteiger partial charge in [-0.05, 0) is 43.4 Å². The van der Waals surface area contributed by atoms with E-state index in [0.29, 0.717) is 17.3 Å². The van der Waals surface area contributed by atoms with Crippen LogP contribution < -0.4 is 4.90 Å². The highest BCUT2D eigenvalue weighted by Crippen LogP contribution is 2.56. The summed E-state index contributed by atoms with van der Waals surface area (Å²) in [7, 11) is 4.24. The second-order valence-corrected chi connectivity index (χ2v) is 7.82. The first kappa shape index (κ1) is 14.1. The van der Waals surface area contributed by atoms with Gasteiger partial charge in [0.05, 0.1) is 20.6 Å². The first-order chi connectivity index (χ1) is 9.40. The van der Waals surface area contributed by atoms with Crippen molar-refractivity contribution >= 4 is 5.97 Å². The molecule has 0 radical (unpaired) electrons. The fraction of sp³-hybridized carbons (Fsp3) is 0.824. The van der Waals surface area contributed by atoms with E-state index in [0.717, 1.165) is 19.4 Å². The van der Waals surface area contributed by atoms with Gasteiger partial charge in [0.1, 0.15) is 12.0 Å². The molecular formula is C17H28NO2+. The SMILES string of the molecule is C=C1CCC[C@@]2(C)C[C@H]3OC(=O)[C@H](C[NH+](C)C)[C@@H]3C[C@@H]12. The summed E-state index contributed by atoms with van der Waals surface area (Å²) in [5, 5.41) is 0. The number of fused-ring (bicyclic) bond motifs is 2. The highest BCUT2D eigenvalue weighted by Gasteiger charge is 2.55. The fourth-order valence-electron chi connectivity index (χ4n) is 4.93. The minimum absolute atomic E-state index is 0.0501. The number of carbonyl (C=O) groups excluding carboxylic acids is 1. The zero-order valence-electron chi connectivity index (χ0n) is 13.1. The molecule has 5 atom stereocenters. The topological polar surface area (TPSA) is 30.7 Å². The number of nitrogens with one attached hydrogen (secondary N) is 1. The molecule has 1 heterocycles.